The fraction of sp³-hybridized carbons (Fsp3) is 0.143. The minimum absolute atomic E-state index is 0.0434. The summed E-state index contributed by atoms with van der Waals surface area (Å²) in [5.74, 6) is 0. The molecule has 2 heteroatoms. The van der Waals surface area contributed by atoms with E-state index >= 15 is 0 Å². The monoisotopic (exact) mass is 570 g/mol. The fourth-order valence-corrected chi connectivity index (χ4v) is 6.33. The Morgan fingerprint density at radius 2 is 1.16 bits per heavy atom. The van der Waals surface area contributed by atoms with Gasteiger partial charge in [-0.05, 0) is 92.9 Å². The Morgan fingerprint density at radius 1 is 0.455 bits per heavy atom. The summed E-state index contributed by atoms with van der Waals surface area (Å²) >= 11 is 0. The number of fused-ring (bicyclic) bond motifs is 3. The maximum absolute atomic E-state index is 2.38. The van der Waals surface area contributed by atoms with Gasteiger partial charge in [0.1, 0.15) is 0 Å². The molecule has 7 rings (SSSR count). The Morgan fingerprint density at radius 3 is 1.98 bits per heavy atom. The number of aromatic nitrogens is 2. The van der Waals surface area contributed by atoms with Crippen molar-refractivity contribution in [2.75, 3.05) is 0 Å². The summed E-state index contributed by atoms with van der Waals surface area (Å²) in [6.45, 7) is 11.3. The highest BCUT2D eigenvalue weighted by molar-refractivity contribution is 6.08. The van der Waals surface area contributed by atoms with E-state index in [4.69, 9.17) is 0 Å². The highest BCUT2D eigenvalue weighted by Crippen LogP contribution is 2.33. The van der Waals surface area contributed by atoms with Crippen LogP contribution < -0.4 is 9.35 Å². The number of hydrogen-bond donors (Lipinski definition) is 0. The van der Waals surface area contributed by atoms with E-state index in [-0.39, 0.29) is 5.41 Å². The smallest absolute Gasteiger partial charge is 0.0622 e. The zero-order chi connectivity index (χ0) is 30.4. The molecule has 0 aliphatic heterocycles. The number of nitrogens with zero attached hydrogens (tertiary/aromatic N) is 2. The van der Waals surface area contributed by atoms with E-state index in [1.54, 1.807) is 0 Å². The largest absolute Gasteiger partial charge is 0.285 e. The van der Waals surface area contributed by atoms with E-state index in [1.807, 2.05) is 0 Å². The van der Waals surface area contributed by atoms with Crippen molar-refractivity contribution < 1.29 is 9.35 Å². The van der Waals surface area contributed by atoms with Gasteiger partial charge in [0, 0.05) is 24.3 Å². The van der Waals surface area contributed by atoms with E-state index in [1.165, 1.54) is 60.5 Å². The number of benzene rings is 5. The average Bonchev–Trinajstić information content (AvgIpc) is 3.04. The zero-order valence-corrected chi connectivity index (χ0v) is 26.2. The minimum Gasteiger partial charge on any atom is -0.0622 e. The molecule has 0 N–H and O–H groups in total. The Balaban J connectivity index is 1.47. The van der Waals surface area contributed by atoms with Crippen LogP contribution >= 0.6 is 0 Å². The molecule has 2 heterocycles. The molecule has 0 fully saturated rings. The summed E-state index contributed by atoms with van der Waals surface area (Å²) in [5.41, 5.74) is 11.0. The highest BCUT2D eigenvalue weighted by Gasteiger charge is 2.30. The van der Waals surface area contributed by atoms with Crippen LogP contribution in [0.15, 0.2) is 140 Å². The van der Waals surface area contributed by atoms with Crippen molar-refractivity contribution in [1.29, 1.82) is 0 Å². The van der Waals surface area contributed by atoms with Gasteiger partial charge in [0.15, 0.2) is 0 Å². The fourth-order valence-electron chi connectivity index (χ4n) is 6.33. The molecule has 0 amide bonds. The highest BCUT2D eigenvalue weighted by atomic mass is 15.4. The lowest BCUT2D eigenvalue weighted by molar-refractivity contribution is -1.29. The lowest BCUT2D eigenvalue weighted by Gasteiger charge is -2.20. The lowest BCUT2D eigenvalue weighted by Crippen LogP contribution is -2.68. The third-order valence-electron chi connectivity index (χ3n) is 8.86. The topological polar surface area (TPSA) is 7.76 Å². The van der Waals surface area contributed by atoms with Crippen LogP contribution in [0.4, 0.5) is 0 Å². The molecule has 7 aromatic rings. The summed E-state index contributed by atoms with van der Waals surface area (Å²) in [5, 5.41) is 5.11. The van der Waals surface area contributed by atoms with Crippen molar-refractivity contribution in [2.45, 2.75) is 40.0 Å². The van der Waals surface area contributed by atoms with Gasteiger partial charge >= 0.3 is 0 Å². The maximum atomic E-state index is 2.38. The lowest BCUT2D eigenvalue weighted by atomic mass is 9.84. The van der Waals surface area contributed by atoms with Crippen LogP contribution in [0.25, 0.3) is 55.2 Å². The summed E-state index contributed by atoms with van der Waals surface area (Å²) in [6.07, 6.45) is 4.39. The number of aryl methyl sites for hydroxylation is 2. The van der Waals surface area contributed by atoms with E-state index < -0.39 is 0 Å². The van der Waals surface area contributed by atoms with Crippen molar-refractivity contribution in [2.24, 2.45) is 0 Å². The first-order valence-electron chi connectivity index (χ1n) is 15.4. The van der Waals surface area contributed by atoms with Crippen molar-refractivity contribution in [3.8, 4) is 33.6 Å². The number of pyridine rings is 2. The van der Waals surface area contributed by atoms with Crippen LogP contribution in [0.1, 0.15) is 37.5 Å². The molecule has 214 valence electrons. The Labute approximate surface area is 260 Å². The van der Waals surface area contributed by atoms with Crippen LogP contribution in [-0.2, 0) is 5.41 Å². The molecule has 0 radical (unpaired) electrons. The van der Waals surface area contributed by atoms with Gasteiger partial charge in [-0.25, -0.2) is 0 Å². The average molecular weight is 571 g/mol. The SMILES string of the molecule is Cc1ccc(C(C)(C)C)cc1-c1cc(-c2ccccc2)cc[n+]1-[n+]1ccccc1-c1cc2ccc3ccccc3c2cc1C. The minimum atomic E-state index is 0.0434. The second-order valence-corrected chi connectivity index (χ2v) is 12.9. The third-order valence-corrected chi connectivity index (χ3v) is 8.86. The van der Waals surface area contributed by atoms with Gasteiger partial charge < -0.3 is 0 Å². The number of hydrogen-bond acceptors (Lipinski definition) is 0. The molecule has 0 unspecified atom stereocenters. The van der Waals surface area contributed by atoms with Gasteiger partial charge in [0.05, 0.1) is 20.5 Å². The molecular weight excluding hydrogens is 532 g/mol. The van der Waals surface area contributed by atoms with Crippen molar-refractivity contribution >= 4 is 21.5 Å². The first-order valence-corrected chi connectivity index (χ1v) is 15.4. The molecule has 0 atom stereocenters. The summed E-state index contributed by atoms with van der Waals surface area (Å²) in [7, 11) is 0. The Hall–Kier alpha value is -5.08. The van der Waals surface area contributed by atoms with E-state index in [0.29, 0.717) is 0 Å². The molecule has 0 bridgehead atoms. The van der Waals surface area contributed by atoms with Gasteiger partial charge in [-0.3, -0.25) is 0 Å². The first-order chi connectivity index (χ1) is 21.3. The molecule has 0 aliphatic rings. The summed E-state index contributed by atoms with van der Waals surface area (Å²) in [6, 6.07) is 46.5. The summed E-state index contributed by atoms with van der Waals surface area (Å²) < 4.78 is 4.60. The van der Waals surface area contributed by atoms with E-state index in [9.17, 15) is 0 Å². The molecule has 0 saturated carbocycles. The van der Waals surface area contributed by atoms with Gasteiger partial charge in [-0.1, -0.05) is 99.6 Å². The Bertz CT molecular complexity index is 2170. The van der Waals surface area contributed by atoms with Crippen LogP contribution in [0, 0.1) is 13.8 Å². The molecule has 0 spiro atoms. The van der Waals surface area contributed by atoms with Crippen molar-refractivity contribution in [3.63, 3.8) is 0 Å². The van der Waals surface area contributed by atoms with E-state index in [2.05, 4.69) is 184 Å². The third kappa shape index (κ3) is 4.97. The number of rotatable bonds is 4. The predicted molar refractivity (Wildman–Crippen MR) is 184 cm³/mol. The molecule has 0 saturated heterocycles. The van der Waals surface area contributed by atoms with Crippen molar-refractivity contribution in [1.82, 2.24) is 0 Å². The normalized spacial score (nSPS) is 11.8. The van der Waals surface area contributed by atoms with Crippen LogP contribution in [-0.4, -0.2) is 0 Å². The molecule has 2 nitrogen and oxygen atoms in total. The molecule has 2 aromatic heterocycles. The summed E-state index contributed by atoms with van der Waals surface area (Å²) in [4.78, 5) is 0. The van der Waals surface area contributed by atoms with Crippen LogP contribution in [0.5, 0.6) is 0 Å². The van der Waals surface area contributed by atoms with Gasteiger partial charge in [-0.15, -0.1) is 0 Å². The molecular formula is C42H38N2+2. The Kier molecular flexibility index (Phi) is 6.86. The van der Waals surface area contributed by atoms with Gasteiger partial charge in [-0.2, -0.15) is 0 Å². The molecule has 5 aromatic carbocycles. The standard InChI is InChI=1S/C42H38N2/c1-29-18-21-35(42(3,4)5)28-38(29)41-27-33(31-13-7-6-8-14-31)22-24-44(41)43-23-12-11-17-40(43)37-26-34-20-19-32-15-9-10-16-36(32)39(34)25-30(37)2/h6-28H,1-5H3/q+2. The quantitative estimate of drug-likeness (QED) is 0.147. The maximum Gasteiger partial charge on any atom is 0.285 e. The van der Waals surface area contributed by atoms with E-state index in [0.717, 1.165) is 11.4 Å². The molecule has 0 aliphatic carbocycles. The van der Waals surface area contributed by atoms with Crippen LogP contribution in [0.3, 0.4) is 0 Å². The zero-order valence-electron chi connectivity index (χ0n) is 26.2. The second kappa shape index (κ2) is 10.9. The predicted octanol–water partition coefficient (Wildman–Crippen LogP) is 9.79. The first kappa shape index (κ1) is 27.7. The van der Waals surface area contributed by atoms with Crippen molar-refractivity contribution in [3.05, 3.63) is 156 Å². The van der Waals surface area contributed by atoms with Crippen LogP contribution in [0.2, 0.25) is 0 Å². The van der Waals surface area contributed by atoms with Gasteiger partial charge in [0.2, 0.25) is 12.4 Å². The van der Waals surface area contributed by atoms with Gasteiger partial charge in [0.25, 0.3) is 11.4 Å². The second-order valence-electron chi connectivity index (χ2n) is 12.9. The molecule has 44 heavy (non-hydrogen) atoms.